The maximum Gasteiger partial charge on any atom is 0.345 e. The van der Waals surface area contributed by atoms with Crippen LogP contribution < -0.4 is 5.73 Å². The average Bonchev–Trinajstić information content (AvgIpc) is 2.28. The van der Waals surface area contributed by atoms with Crippen LogP contribution in [0.15, 0.2) is 18.2 Å². The number of nitrogens with two attached hydrogens (primary N) is 1. The van der Waals surface area contributed by atoms with Crippen LogP contribution in [0.2, 0.25) is 0 Å². The van der Waals surface area contributed by atoms with E-state index in [-0.39, 0.29) is 12.0 Å². The number of carboxylic acid groups (broad SMARTS) is 1. The number of aryl methyl sites for hydroxylation is 1. The number of carbonyl (C=O) groups is 2. The van der Waals surface area contributed by atoms with Crippen molar-refractivity contribution in [2.75, 3.05) is 5.73 Å². The zero-order chi connectivity index (χ0) is 13.0. The normalized spacial score (nSPS) is 11.9. The van der Waals surface area contributed by atoms with Crippen molar-refractivity contribution < 1.29 is 19.4 Å². The van der Waals surface area contributed by atoms with E-state index in [1.807, 2.05) is 0 Å². The van der Waals surface area contributed by atoms with E-state index < -0.39 is 18.0 Å². The van der Waals surface area contributed by atoms with Gasteiger partial charge in [-0.15, -0.1) is 0 Å². The number of nitrogen functional groups attached to an aromatic ring is 1. The van der Waals surface area contributed by atoms with Gasteiger partial charge in [0.2, 0.25) is 0 Å². The number of aliphatic carboxylic acids is 1. The highest BCUT2D eigenvalue weighted by Crippen LogP contribution is 2.18. The molecule has 1 aromatic carbocycles. The summed E-state index contributed by atoms with van der Waals surface area (Å²) in [6, 6.07) is 4.95. The molecule has 3 N–H and O–H groups in total. The summed E-state index contributed by atoms with van der Waals surface area (Å²) in [5, 5.41) is 8.78. The maximum atomic E-state index is 11.7. The van der Waals surface area contributed by atoms with Crippen molar-refractivity contribution in [1.29, 1.82) is 0 Å². The molecule has 92 valence electrons. The molecule has 0 saturated carbocycles. The maximum absolute atomic E-state index is 11.7. The van der Waals surface area contributed by atoms with Gasteiger partial charge in [0.05, 0.1) is 5.56 Å². The summed E-state index contributed by atoms with van der Waals surface area (Å²) in [4.78, 5) is 22.5. The lowest BCUT2D eigenvalue weighted by Crippen LogP contribution is -2.26. The van der Waals surface area contributed by atoms with E-state index in [2.05, 4.69) is 0 Å². The summed E-state index contributed by atoms with van der Waals surface area (Å²) in [7, 11) is 0. The molecule has 0 bridgehead atoms. The fraction of sp³-hybridized carbons (Fsp3) is 0.333. The molecule has 17 heavy (non-hydrogen) atoms. The summed E-state index contributed by atoms with van der Waals surface area (Å²) in [6.45, 7) is 3.40. The van der Waals surface area contributed by atoms with Crippen LogP contribution in [0, 0.1) is 6.92 Å². The van der Waals surface area contributed by atoms with Gasteiger partial charge in [0.25, 0.3) is 0 Å². The molecule has 5 heteroatoms. The Bertz CT molecular complexity index is 442. The van der Waals surface area contributed by atoms with Crippen LogP contribution in [0.4, 0.5) is 5.69 Å². The minimum Gasteiger partial charge on any atom is -0.479 e. The van der Waals surface area contributed by atoms with Crippen LogP contribution in [-0.2, 0) is 9.53 Å². The van der Waals surface area contributed by atoms with Crippen molar-refractivity contribution in [2.24, 2.45) is 0 Å². The van der Waals surface area contributed by atoms with Crippen LogP contribution >= 0.6 is 0 Å². The third kappa shape index (κ3) is 2.96. The van der Waals surface area contributed by atoms with Gasteiger partial charge in [-0.25, -0.2) is 9.59 Å². The Kier molecular flexibility index (Phi) is 4.09. The van der Waals surface area contributed by atoms with Crippen molar-refractivity contribution >= 4 is 17.6 Å². The summed E-state index contributed by atoms with van der Waals surface area (Å²) in [5.41, 5.74) is 7.00. The lowest BCUT2D eigenvalue weighted by atomic mass is 10.1. The predicted octanol–water partition coefficient (Wildman–Crippen LogP) is 1.60. The van der Waals surface area contributed by atoms with E-state index >= 15 is 0 Å². The Hall–Kier alpha value is -2.04. The number of para-hydroxylation sites is 1. The van der Waals surface area contributed by atoms with Gasteiger partial charge in [0.1, 0.15) is 0 Å². The third-order valence-corrected chi connectivity index (χ3v) is 2.44. The van der Waals surface area contributed by atoms with Gasteiger partial charge in [0.15, 0.2) is 6.10 Å². The highest BCUT2D eigenvalue weighted by atomic mass is 16.6. The minimum absolute atomic E-state index is 0.199. The fourth-order valence-corrected chi connectivity index (χ4v) is 1.36. The Morgan fingerprint density at radius 3 is 2.65 bits per heavy atom. The molecule has 1 unspecified atom stereocenters. The molecule has 0 spiro atoms. The van der Waals surface area contributed by atoms with Gasteiger partial charge in [-0.05, 0) is 25.0 Å². The predicted molar refractivity (Wildman–Crippen MR) is 62.7 cm³/mol. The molecular weight excluding hydrogens is 222 g/mol. The zero-order valence-electron chi connectivity index (χ0n) is 9.77. The van der Waals surface area contributed by atoms with Crippen LogP contribution in [0.1, 0.15) is 29.3 Å². The first-order valence-corrected chi connectivity index (χ1v) is 5.26. The first kappa shape index (κ1) is 13.0. The molecule has 0 aliphatic heterocycles. The second-order valence-electron chi connectivity index (χ2n) is 3.68. The third-order valence-electron chi connectivity index (χ3n) is 2.44. The zero-order valence-corrected chi connectivity index (χ0v) is 9.77. The van der Waals surface area contributed by atoms with E-state index in [1.54, 1.807) is 26.0 Å². The van der Waals surface area contributed by atoms with Crippen LogP contribution in [-0.4, -0.2) is 23.1 Å². The Morgan fingerprint density at radius 2 is 2.12 bits per heavy atom. The lowest BCUT2D eigenvalue weighted by Gasteiger charge is -2.13. The number of esters is 1. The minimum atomic E-state index is -1.16. The van der Waals surface area contributed by atoms with Crippen LogP contribution in [0.25, 0.3) is 0 Å². The highest BCUT2D eigenvalue weighted by molar-refractivity contribution is 5.96. The summed E-state index contributed by atoms with van der Waals surface area (Å²) in [6.07, 6.45) is -0.922. The van der Waals surface area contributed by atoms with Gasteiger partial charge in [-0.2, -0.15) is 0 Å². The molecule has 0 saturated heterocycles. The SMILES string of the molecule is CCC(OC(=O)c1cccc(C)c1N)C(=O)O. The molecular formula is C12H15NO4. The van der Waals surface area contributed by atoms with E-state index in [1.165, 1.54) is 6.07 Å². The molecule has 0 aliphatic rings. The number of rotatable bonds is 4. The standard InChI is InChI=1S/C12H15NO4/c1-3-9(11(14)15)17-12(16)8-6-4-5-7(2)10(8)13/h4-6,9H,3,13H2,1-2H3,(H,14,15). The van der Waals surface area contributed by atoms with Crippen molar-refractivity contribution in [3.63, 3.8) is 0 Å². The first-order chi connectivity index (χ1) is 7.97. The van der Waals surface area contributed by atoms with Gasteiger partial charge < -0.3 is 15.6 Å². The average molecular weight is 237 g/mol. The van der Waals surface area contributed by atoms with Crippen molar-refractivity contribution in [1.82, 2.24) is 0 Å². The Balaban J connectivity index is 2.90. The quantitative estimate of drug-likeness (QED) is 0.613. The van der Waals surface area contributed by atoms with E-state index in [9.17, 15) is 9.59 Å². The number of ether oxygens (including phenoxy) is 1. The Labute approximate surface area is 99.2 Å². The summed E-state index contributed by atoms with van der Waals surface area (Å²) in [5.74, 6) is -1.87. The second kappa shape index (κ2) is 5.34. The largest absolute Gasteiger partial charge is 0.479 e. The van der Waals surface area contributed by atoms with Gasteiger partial charge >= 0.3 is 11.9 Å². The van der Waals surface area contributed by atoms with Crippen molar-refractivity contribution in [2.45, 2.75) is 26.4 Å². The van der Waals surface area contributed by atoms with Crippen molar-refractivity contribution in [3.8, 4) is 0 Å². The molecule has 0 fully saturated rings. The van der Waals surface area contributed by atoms with E-state index in [0.29, 0.717) is 5.69 Å². The lowest BCUT2D eigenvalue weighted by molar-refractivity contribution is -0.147. The van der Waals surface area contributed by atoms with Gasteiger partial charge in [-0.1, -0.05) is 19.1 Å². The van der Waals surface area contributed by atoms with Gasteiger partial charge in [0, 0.05) is 5.69 Å². The fourth-order valence-electron chi connectivity index (χ4n) is 1.36. The Morgan fingerprint density at radius 1 is 1.47 bits per heavy atom. The number of hydrogen-bond acceptors (Lipinski definition) is 4. The molecule has 1 rings (SSSR count). The topological polar surface area (TPSA) is 89.6 Å². The number of hydrogen-bond donors (Lipinski definition) is 2. The number of carboxylic acids is 1. The van der Waals surface area contributed by atoms with Crippen LogP contribution in [0.5, 0.6) is 0 Å². The number of carbonyl (C=O) groups excluding carboxylic acids is 1. The molecule has 5 nitrogen and oxygen atoms in total. The molecule has 1 atom stereocenters. The van der Waals surface area contributed by atoms with E-state index in [4.69, 9.17) is 15.6 Å². The first-order valence-electron chi connectivity index (χ1n) is 5.26. The second-order valence-corrected chi connectivity index (χ2v) is 3.68. The molecule has 0 heterocycles. The molecule has 0 aliphatic carbocycles. The molecule has 0 amide bonds. The molecule has 0 aromatic heterocycles. The van der Waals surface area contributed by atoms with Crippen molar-refractivity contribution in [3.05, 3.63) is 29.3 Å². The highest BCUT2D eigenvalue weighted by Gasteiger charge is 2.22. The monoisotopic (exact) mass is 237 g/mol. The smallest absolute Gasteiger partial charge is 0.345 e. The summed E-state index contributed by atoms with van der Waals surface area (Å²) >= 11 is 0. The number of anilines is 1. The van der Waals surface area contributed by atoms with Crippen LogP contribution in [0.3, 0.4) is 0 Å². The van der Waals surface area contributed by atoms with Gasteiger partial charge in [-0.3, -0.25) is 0 Å². The number of benzene rings is 1. The molecule has 0 radical (unpaired) electrons. The summed E-state index contributed by atoms with van der Waals surface area (Å²) < 4.78 is 4.86. The van der Waals surface area contributed by atoms with E-state index in [0.717, 1.165) is 5.56 Å². The molecule has 1 aromatic rings.